The fourth-order valence-corrected chi connectivity index (χ4v) is 3.81. The van der Waals surface area contributed by atoms with E-state index in [1.54, 1.807) is 0 Å². The second-order valence-electron chi connectivity index (χ2n) is 6.44. The van der Waals surface area contributed by atoms with Gasteiger partial charge < -0.3 is 10.2 Å². The van der Waals surface area contributed by atoms with E-state index in [-0.39, 0.29) is 0 Å². The Balaban J connectivity index is 1.46. The summed E-state index contributed by atoms with van der Waals surface area (Å²) in [5.74, 6) is 0.981. The van der Waals surface area contributed by atoms with Gasteiger partial charge in [0.15, 0.2) is 0 Å². The zero-order chi connectivity index (χ0) is 13.1. The molecule has 0 aromatic rings. The molecule has 0 aliphatic carbocycles. The van der Waals surface area contributed by atoms with Crippen molar-refractivity contribution in [1.29, 1.82) is 0 Å². The molecule has 1 N–H and O–H groups in total. The van der Waals surface area contributed by atoms with Gasteiger partial charge in [0, 0.05) is 25.6 Å². The molecule has 3 aliphatic rings. The highest BCUT2D eigenvalue weighted by Crippen LogP contribution is 2.22. The van der Waals surface area contributed by atoms with Gasteiger partial charge in [-0.2, -0.15) is 0 Å². The van der Waals surface area contributed by atoms with E-state index >= 15 is 0 Å². The number of nitrogens with zero attached hydrogens (tertiary/aromatic N) is 2. The second-order valence-corrected chi connectivity index (χ2v) is 6.44. The molecule has 0 spiro atoms. The molecule has 3 saturated heterocycles. The highest BCUT2D eigenvalue weighted by Gasteiger charge is 2.31. The van der Waals surface area contributed by atoms with Gasteiger partial charge in [-0.05, 0) is 57.8 Å². The van der Waals surface area contributed by atoms with Crippen LogP contribution in [0.25, 0.3) is 0 Å². The van der Waals surface area contributed by atoms with Gasteiger partial charge in [-0.25, -0.2) is 0 Å². The number of nitrogens with one attached hydrogen (secondary N) is 1. The van der Waals surface area contributed by atoms with E-state index < -0.39 is 0 Å². The molecule has 3 fully saturated rings. The van der Waals surface area contributed by atoms with Crippen LogP contribution in [-0.4, -0.2) is 61.0 Å². The monoisotopic (exact) mass is 265 g/mol. The van der Waals surface area contributed by atoms with Crippen molar-refractivity contribution in [3.8, 4) is 0 Å². The topological polar surface area (TPSA) is 35.6 Å². The molecule has 4 nitrogen and oxygen atoms in total. The van der Waals surface area contributed by atoms with Crippen molar-refractivity contribution in [3.05, 3.63) is 0 Å². The lowest BCUT2D eigenvalue weighted by Crippen LogP contribution is -2.41. The van der Waals surface area contributed by atoms with E-state index in [0.717, 1.165) is 32.6 Å². The Morgan fingerprint density at radius 3 is 2.68 bits per heavy atom. The largest absolute Gasteiger partial charge is 0.341 e. The minimum Gasteiger partial charge on any atom is -0.341 e. The maximum atomic E-state index is 12.3. The van der Waals surface area contributed by atoms with Crippen LogP contribution in [0.5, 0.6) is 0 Å². The lowest BCUT2D eigenvalue weighted by atomic mass is 10.0. The first kappa shape index (κ1) is 13.4. The van der Waals surface area contributed by atoms with Crippen molar-refractivity contribution in [1.82, 2.24) is 15.1 Å². The Bertz CT molecular complexity index is 309. The molecule has 0 radical (unpaired) electrons. The number of carbonyl (C=O) groups is 1. The standard InChI is InChI=1S/C15H27N3O/c19-15(10-13-4-6-16-11-13)18-9-5-14(12-18)17-7-2-1-3-8-17/h13-14,16H,1-12H2. The summed E-state index contributed by atoms with van der Waals surface area (Å²) in [6.07, 6.45) is 7.21. The summed E-state index contributed by atoms with van der Waals surface area (Å²) in [5, 5.41) is 3.35. The molecule has 108 valence electrons. The SMILES string of the molecule is O=C(CC1CCNC1)N1CCC(N2CCCCC2)C1. The number of piperidine rings is 1. The highest BCUT2D eigenvalue weighted by atomic mass is 16.2. The minimum absolute atomic E-state index is 0.396. The Hall–Kier alpha value is -0.610. The molecule has 3 aliphatic heterocycles. The summed E-state index contributed by atoms with van der Waals surface area (Å²) in [4.78, 5) is 17.1. The molecular formula is C15H27N3O. The molecule has 0 aromatic carbocycles. The van der Waals surface area contributed by atoms with Crippen molar-refractivity contribution in [3.63, 3.8) is 0 Å². The van der Waals surface area contributed by atoms with Crippen molar-refractivity contribution in [2.45, 2.75) is 44.6 Å². The van der Waals surface area contributed by atoms with Crippen LogP contribution in [0.15, 0.2) is 0 Å². The first-order valence-corrected chi connectivity index (χ1v) is 8.05. The predicted molar refractivity (Wildman–Crippen MR) is 76.0 cm³/mol. The third-order valence-electron chi connectivity index (χ3n) is 5.05. The van der Waals surface area contributed by atoms with Gasteiger partial charge in [-0.1, -0.05) is 6.42 Å². The molecule has 2 atom stereocenters. The summed E-state index contributed by atoms with van der Waals surface area (Å²) in [6, 6.07) is 0.644. The van der Waals surface area contributed by atoms with E-state index in [0.29, 0.717) is 17.9 Å². The number of likely N-dealkylation sites (tertiary alicyclic amines) is 2. The number of amides is 1. The summed E-state index contributed by atoms with van der Waals surface area (Å²) in [7, 11) is 0. The van der Waals surface area contributed by atoms with Crippen LogP contribution in [0, 0.1) is 5.92 Å². The normalized spacial score (nSPS) is 32.9. The van der Waals surface area contributed by atoms with Crippen molar-refractivity contribution < 1.29 is 4.79 Å². The molecule has 0 aromatic heterocycles. The quantitative estimate of drug-likeness (QED) is 0.829. The molecule has 0 saturated carbocycles. The summed E-state index contributed by atoms with van der Waals surface area (Å²) in [5.41, 5.74) is 0. The number of carbonyl (C=O) groups excluding carboxylic acids is 1. The van der Waals surface area contributed by atoms with Gasteiger partial charge in [-0.3, -0.25) is 9.69 Å². The zero-order valence-electron chi connectivity index (χ0n) is 11.9. The van der Waals surface area contributed by atoms with Crippen molar-refractivity contribution in [2.24, 2.45) is 5.92 Å². The van der Waals surface area contributed by atoms with Gasteiger partial charge in [0.25, 0.3) is 0 Å². The third kappa shape index (κ3) is 3.29. The van der Waals surface area contributed by atoms with Gasteiger partial charge in [0.2, 0.25) is 5.91 Å². The Morgan fingerprint density at radius 2 is 1.95 bits per heavy atom. The van der Waals surface area contributed by atoms with Crippen LogP contribution < -0.4 is 5.32 Å². The maximum absolute atomic E-state index is 12.3. The molecule has 2 unspecified atom stereocenters. The molecular weight excluding hydrogens is 238 g/mol. The van der Waals surface area contributed by atoms with Crippen LogP contribution in [0.4, 0.5) is 0 Å². The van der Waals surface area contributed by atoms with E-state index in [2.05, 4.69) is 15.1 Å². The fraction of sp³-hybridized carbons (Fsp3) is 0.933. The molecule has 19 heavy (non-hydrogen) atoms. The zero-order valence-corrected chi connectivity index (χ0v) is 11.9. The highest BCUT2D eigenvalue weighted by molar-refractivity contribution is 5.76. The van der Waals surface area contributed by atoms with E-state index in [9.17, 15) is 4.79 Å². The summed E-state index contributed by atoms with van der Waals surface area (Å²) in [6.45, 7) is 6.60. The maximum Gasteiger partial charge on any atom is 0.222 e. The lowest BCUT2D eigenvalue weighted by molar-refractivity contribution is -0.131. The van der Waals surface area contributed by atoms with Crippen molar-refractivity contribution in [2.75, 3.05) is 39.3 Å². The average molecular weight is 265 g/mol. The summed E-state index contributed by atoms with van der Waals surface area (Å²) < 4.78 is 0. The van der Waals surface area contributed by atoms with Crippen LogP contribution in [0.1, 0.15) is 38.5 Å². The Labute approximate surface area is 116 Å². The molecule has 1 amide bonds. The third-order valence-corrected chi connectivity index (χ3v) is 5.05. The second kappa shape index (κ2) is 6.23. The van der Waals surface area contributed by atoms with Gasteiger partial charge >= 0.3 is 0 Å². The lowest BCUT2D eigenvalue weighted by Gasteiger charge is -2.32. The first-order chi connectivity index (χ1) is 9.33. The number of hydrogen-bond donors (Lipinski definition) is 1. The first-order valence-electron chi connectivity index (χ1n) is 8.05. The molecule has 4 heteroatoms. The predicted octanol–water partition coefficient (Wildman–Crippen LogP) is 1.07. The number of hydrogen-bond acceptors (Lipinski definition) is 3. The minimum atomic E-state index is 0.396. The fourth-order valence-electron chi connectivity index (χ4n) is 3.81. The van der Waals surface area contributed by atoms with E-state index in [1.165, 1.54) is 45.2 Å². The molecule has 3 heterocycles. The van der Waals surface area contributed by atoms with Crippen LogP contribution in [0.3, 0.4) is 0 Å². The van der Waals surface area contributed by atoms with Crippen molar-refractivity contribution >= 4 is 5.91 Å². The van der Waals surface area contributed by atoms with E-state index in [1.807, 2.05) is 0 Å². The van der Waals surface area contributed by atoms with Crippen LogP contribution in [-0.2, 0) is 4.79 Å². The Morgan fingerprint density at radius 1 is 1.11 bits per heavy atom. The Kier molecular flexibility index (Phi) is 4.38. The van der Waals surface area contributed by atoms with Crippen LogP contribution in [0.2, 0.25) is 0 Å². The van der Waals surface area contributed by atoms with E-state index in [4.69, 9.17) is 0 Å². The molecule has 3 rings (SSSR count). The summed E-state index contributed by atoms with van der Waals surface area (Å²) >= 11 is 0. The van der Waals surface area contributed by atoms with Gasteiger partial charge in [0.1, 0.15) is 0 Å². The average Bonchev–Trinajstić information content (AvgIpc) is 3.10. The number of rotatable bonds is 3. The van der Waals surface area contributed by atoms with Gasteiger partial charge in [0.05, 0.1) is 0 Å². The van der Waals surface area contributed by atoms with Gasteiger partial charge in [-0.15, -0.1) is 0 Å². The smallest absolute Gasteiger partial charge is 0.222 e. The molecule has 0 bridgehead atoms. The van der Waals surface area contributed by atoms with Crippen LogP contribution >= 0.6 is 0 Å².